The molecule has 1 rings (SSSR count). The molecule has 12 heavy (non-hydrogen) atoms. The molecule has 4 nitrogen and oxygen atoms in total. The lowest BCUT2D eigenvalue weighted by molar-refractivity contribution is -0.119. The van der Waals surface area contributed by atoms with Crippen molar-refractivity contribution in [3.8, 4) is 0 Å². The second kappa shape index (κ2) is 4.15. The van der Waals surface area contributed by atoms with Gasteiger partial charge in [-0.25, -0.2) is 0 Å². The van der Waals surface area contributed by atoms with E-state index in [0.29, 0.717) is 5.82 Å². The first-order valence-electron chi connectivity index (χ1n) is 3.82. The van der Waals surface area contributed by atoms with Gasteiger partial charge >= 0.3 is 0 Å². The van der Waals surface area contributed by atoms with Crippen LogP contribution in [0.15, 0.2) is 6.20 Å². The molecule has 0 spiro atoms. The molecule has 66 valence electrons. The molecule has 0 radical (unpaired) electrons. The van der Waals surface area contributed by atoms with Crippen LogP contribution in [0.1, 0.15) is 20.3 Å². The summed E-state index contributed by atoms with van der Waals surface area (Å²) in [6, 6.07) is 0. The Morgan fingerprint density at radius 1 is 1.83 bits per heavy atom. The zero-order chi connectivity index (χ0) is 8.97. The monoisotopic (exact) mass is 185 g/mol. The molecule has 1 N–H and O–H groups in total. The third-order valence-electron chi connectivity index (χ3n) is 1.67. The molecule has 1 heterocycles. The highest BCUT2D eigenvalue weighted by atomic mass is 32.1. The topological polar surface area (TPSA) is 54.9 Å². The van der Waals surface area contributed by atoms with Crippen LogP contribution in [0.4, 0.5) is 5.82 Å². The Morgan fingerprint density at radius 2 is 2.58 bits per heavy atom. The fourth-order valence-corrected chi connectivity index (χ4v) is 1.03. The van der Waals surface area contributed by atoms with Crippen LogP contribution in [0.5, 0.6) is 0 Å². The van der Waals surface area contributed by atoms with Crippen molar-refractivity contribution in [2.75, 3.05) is 5.32 Å². The molecule has 1 aromatic rings. The van der Waals surface area contributed by atoms with Crippen LogP contribution < -0.4 is 5.32 Å². The molecule has 0 aliphatic carbocycles. The van der Waals surface area contributed by atoms with E-state index in [4.69, 9.17) is 0 Å². The standard InChI is InChI=1S/C7H11N3OS/c1-3-5(2)7(11)9-6-4-8-12-10-6/h4-5H,3H2,1-2H3,(H,9,10,11). The number of amides is 1. The van der Waals surface area contributed by atoms with Gasteiger partial charge in [-0.05, 0) is 6.42 Å². The molecular formula is C7H11N3OS. The van der Waals surface area contributed by atoms with Crippen LogP contribution in [0.2, 0.25) is 0 Å². The Bertz CT molecular complexity index is 247. The van der Waals surface area contributed by atoms with Gasteiger partial charge in [-0.1, -0.05) is 13.8 Å². The van der Waals surface area contributed by atoms with Crippen molar-refractivity contribution in [2.45, 2.75) is 20.3 Å². The lowest BCUT2D eigenvalue weighted by Crippen LogP contribution is -2.19. The molecule has 0 saturated heterocycles. The maximum Gasteiger partial charge on any atom is 0.228 e. The number of carbonyl (C=O) groups is 1. The number of hydrogen-bond acceptors (Lipinski definition) is 4. The van der Waals surface area contributed by atoms with E-state index in [2.05, 4.69) is 14.1 Å². The summed E-state index contributed by atoms with van der Waals surface area (Å²) in [5.41, 5.74) is 0. The maximum atomic E-state index is 11.3. The molecule has 0 bridgehead atoms. The van der Waals surface area contributed by atoms with Crippen molar-refractivity contribution >= 4 is 23.5 Å². The SMILES string of the molecule is CCC(C)C(=O)Nc1cnsn1. The van der Waals surface area contributed by atoms with Gasteiger partial charge in [0.15, 0.2) is 5.82 Å². The smallest absolute Gasteiger partial charge is 0.228 e. The van der Waals surface area contributed by atoms with Crippen LogP contribution in [-0.2, 0) is 4.79 Å². The third-order valence-corrected chi connectivity index (χ3v) is 2.15. The summed E-state index contributed by atoms with van der Waals surface area (Å²) in [5, 5.41) is 2.67. The summed E-state index contributed by atoms with van der Waals surface area (Å²) in [6.07, 6.45) is 2.38. The summed E-state index contributed by atoms with van der Waals surface area (Å²) in [5.74, 6) is 0.585. The summed E-state index contributed by atoms with van der Waals surface area (Å²) >= 11 is 1.09. The Balaban J connectivity index is 2.47. The number of aromatic nitrogens is 2. The maximum absolute atomic E-state index is 11.3. The highest BCUT2D eigenvalue weighted by Crippen LogP contribution is 2.07. The summed E-state index contributed by atoms with van der Waals surface area (Å²) in [4.78, 5) is 11.3. The van der Waals surface area contributed by atoms with Crippen LogP contribution in [0, 0.1) is 5.92 Å². The zero-order valence-corrected chi connectivity index (χ0v) is 7.89. The van der Waals surface area contributed by atoms with Crippen LogP contribution >= 0.6 is 11.7 Å². The second-order valence-corrected chi connectivity index (χ2v) is 3.15. The van der Waals surface area contributed by atoms with E-state index in [1.807, 2.05) is 13.8 Å². The number of nitrogens with one attached hydrogen (secondary N) is 1. The number of anilines is 1. The summed E-state index contributed by atoms with van der Waals surface area (Å²) < 4.78 is 7.65. The molecule has 5 heteroatoms. The van der Waals surface area contributed by atoms with Crippen molar-refractivity contribution < 1.29 is 4.79 Å². The van der Waals surface area contributed by atoms with E-state index < -0.39 is 0 Å². The van der Waals surface area contributed by atoms with E-state index >= 15 is 0 Å². The normalized spacial score (nSPS) is 12.5. The van der Waals surface area contributed by atoms with Gasteiger partial charge in [0.1, 0.15) is 0 Å². The zero-order valence-electron chi connectivity index (χ0n) is 7.07. The molecule has 0 fully saturated rings. The Kier molecular flexibility index (Phi) is 3.16. The van der Waals surface area contributed by atoms with Gasteiger partial charge in [0.05, 0.1) is 17.9 Å². The van der Waals surface area contributed by atoms with E-state index in [0.717, 1.165) is 18.1 Å². The first-order valence-corrected chi connectivity index (χ1v) is 4.55. The van der Waals surface area contributed by atoms with Gasteiger partial charge in [0.2, 0.25) is 5.91 Å². The molecule has 1 atom stereocenters. The van der Waals surface area contributed by atoms with Crippen molar-refractivity contribution in [3.63, 3.8) is 0 Å². The fourth-order valence-electron chi connectivity index (χ4n) is 0.655. The van der Waals surface area contributed by atoms with Crippen LogP contribution in [0.25, 0.3) is 0 Å². The minimum absolute atomic E-state index is 0.00481. The van der Waals surface area contributed by atoms with Crippen LogP contribution in [0.3, 0.4) is 0 Å². The number of carbonyl (C=O) groups excluding carboxylic acids is 1. The Labute approximate surface area is 75.3 Å². The van der Waals surface area contributed by atoms with Gasteiger partial charge in [-0.15, -0.1) is 0 Å². The summed E-state index contributed by atoms with van der Waals surface area (Å²) in [7, 11) is 0. The minimum Gasteiger partial charge on any atom is -0.308 e. The minimum atomic E-state index is 0.00481. The number of hydrogen-bond donors (Lipinski definition) is 1. The van der Waals surface area contributed by atoms with Crippen molar-refractivity contribution in [1.29, 1.82) is 0 Å². The highest BCUT2D eigenvalue weighted by molar-refractivity contribution is 6.99. The lowest BCUT2D eigenvalue weighted by atomic mass is 10.1. The largest absolute Gasteiger partial charge is 0.308 e. The molecule has 0 aliphatic rings. The summed E-state index contributed by atoms with van der Waals surface area (Å²) in [6.45, 7) is 3.86. The van der Waals surface area contributed by atoms with Gasteiger partial charge in [-0.2, -0.15) is 8.75 Å². The number of nitrogens with zero attached hydrogens (tertiary/aromatic N) is 2. The lowest BCUT2D eigenvalue weighted by Gasteiger charge is -2.06. The molecule has 0 aliphatic heterocycles. The molecule has 1 amide bonds. The van der Waals surface area contributed by atoms with E-state index in [-0.39, 0.29) is 11.8 Å². The Hall–Kier alpha value is -0.970. The average Bonchev–Trinajstić information content (AvgIpc) is 2.55. The molecule has 0 saturated carbocycles. The first kappa shape index (κ1) is 9.12. The van der Waals surface area contributed by atoms with Crippen molar-refractivity contribution in [2.24, 2.45) is 5.92 Å². The van der Waals surface area contributed by atoms with Gasteiger partial charge in [-0.3, -0.25) is 4.79 Å². The van der Waals surface area contributed by atoms with E-state index in [1.54, 1.807) is 6.20 Å². The first-order chi connectivity index (χ1) is 5.74. The van der Waals surface area contributed by atoms with E-state index in [1.165, 1.54) is 0 Å². The van der Waals surface area contributed by atoms with E-state index in [9.17, 15) is 4.79 Å². The quantitative estimate of drug-likeness (QED) is 0.776. The predicted molar refractivity (Wildman–Crippen MR) is 48.0 cm³/mol. The molecular weight excluding hydrogens is 174 g/mol. The van der Waals surface area contributed by atoms with Crippen molar-refractivity contribution in [3.05, 3.63) is 6.20 Å². The van der Waals surface area contributed by atoms with Crippen LogP contribution in [-0.4, -0.2) is 14.7 Å². The third kappa shape index (κ3) is 2.27. The predicted octanol–water partition coefficient (Wildman–Crippen LogP) is 1.52. The Morgan fingerprint density at radius 3 is 3.08 bits per heavy atom. The van der Waals surface area contributed by atoms with Gasteiger partial charge in [0, 0.05) is 5.92 Å². The number of rotatable bonds is 3. The molecule has 1 unspecified atom stereocenters. The average molecular weight is 185 g/mol. The molecule has 1 aromatic heterocycles. The molecule has 0 aromatic carbocycles. The van der Waals surface area contributed by atoms with Crippen molar-refractivity contribution in [1.82, 2.24) is 8.75 Å². The highest BCUT2D eigenvalue weighted by Gasteiger charge is 2.10. The fraction of sp³-hybridized carbons (Fsp3) is 0.571. The van der Waals surface area contributed by atoms with Gasteiger partial charge < -0.3 is 5.32 Å². The van der Waals surface area contributed by atoms with Gasteiger partial charge in [0.25, 0.3) is 0 Å². The second-order valence-electron chi connectivity index (χ2n) is 2.59.